The lowest BCUT2D eigenvalue weighted by Crippen LogP contribution is -2.36. The number of ether oxygens (including phenoxy) is 1. The Kier molecular flexibility index (Phi) is 3.84. The zero-order chi connectivity index (χ0) is 14.7. The molecule has 6 heteroatoms. The number of fused-ring (bicyclic) bond motifs is 1. The van der Waals surface area contributed by atoms with Gasteiger partial charge in [-0.3, -0.25) is 4.90 Å². The van der Waals surface area contributed by atoms with Crippen molar-refractivity contribution in [3.05, 3.63) is 41.5 Å². The van der Waals surface area contributed by atoms with Crippen LogP contribution in [0.1, 0.15) is 17.2 Å². The van der Waals surface area contributed by atoms with E-state index in [4.69, 9.17) is 10.00 Å². The zero-order valence-corrected chi connectivity index (χ0v) is 12.0. The lowest BCUT2D eigenvalue weighted by Gasteiger charge is -2.27. The van der Waals surface area contributed by atoms with Crippen molar-refractivity contribution >= 4 is 0 Å². The highest BCUT2D eigenvalue weighted by Crippen LogP contribution is 2.13. The minimum Gasteiger partial charge on any atom is -0.492 e. The van der Waals surface area contributed by atoms with Crippen LogP contribution >= 0.6 is 0 Å². The summed E-state index contributed by atoms with van der Waals surface area (Å²) < 4.78 is 7.87. The van der Waals surface area contributed by atoms with Gasteiger partial charge in [0.1, 0.15) is 24.0 Å². The molecule has 0 atom stereocenters. The van der Waals surface area contributed by atoms with Crippen molar-refractivity contribution in [3.63, 3.8) is 0 Å². The van der Waals surface area contributed by atoms with E-state index in [0.717, 1.165) is 43.6 Å². The largest absolute Gasteiger partial charge is 0.492 e. The number of hydrogen-bond acceptors (Lipinski definition) is 5. The summed E-state index contributed by atoms with van der Waals surface area (Å²) in [5.74, 6) is 2.81. The summed E-state index contributed by atoms with van der Waals surface area (Å²) in [6.07, 6.45) is 0. The SMILES string of the molecule is Cc1nnc2n1CCN(CCOc1ccc(C#N)cc1)C2. The third kappa shape index (κ3) is 3.03. The average Bonchev–Trinajstić information content (AvgIpc) is 2.89. The monoisotopic (exact) mass is 283 g/mol. The standard InChI is InChI=1S/C15H17N5O/c1-12-17-18-15-11-19(6-7-20(12)15)8-9-21-14-4-2-13(10-16)3-5-14/h2-5H,6-9,11H2,1H3. The molecule has 21 heavy (non-hydrogen) atoms. The Morgan fingerprint density at radius 2 is 2.05 bits per heavy atom. The first-order valence-corrected chi connectivity index (χ1v) is 7.00. The maximum atomic E-state index is 8.75. The van der Waals surface area contributed by atoms with Crippen LogP contribution in [-0.2, 0) is 13.1 Å². The Bertz CT molecular complexity index is 656. The van der Waals surface area contributed by atoms with Crippen molar-refractivity contribution in [2.45, 2.75) is 20.0 Å². The Morgan fingerprint density at radius 1 is 1.24 bits per heavy atom. The lowest BCUT2D eigenvalue weighted by atomic mass is 10.2. The van der Waals surface area contributed by atoms with Crippen molar-refractivity contribution in [2.75, 3.05) is 19.7 Å². The van der Waals surface area contributed by atoms with Crippen molar-refractivity contribution in [1.82, 2.24) is 19.7 Å². The normalized spacial score (nSPS) is 14.5. The van der Waals surface area contributed by atoms with Crippen LogP contribution in [0.2, 0.25) is 0 Å². The van der Waals surface area contributed by atoms with E-state index in [-0.39, 0.29) is 0 Å². The summed E-state index contributed by atoms with van der Waals surface area (Å²) in [6.45, 7) is 6.20. The van der Waals surface area contributed by atoms with Crippen molar-refractivity contribution in [1.29, 1.82) is 5.26 Å². The third-order valence-corrected chi connectivity index (χ3v) is 3.68. The molecule has 0 spiro atoms. The molecule has 1 aromatic heterocycles. The summed E-state index contributed by atoms with van der Waals surface area (Å²) in [5, 5.41) is 17.0. The molecule has 0 radical (unpaired) electrons. The molecular weight excluding hydrogens is 266 g/mol. The van der Waals surface area contributed by atoms with E-state index in [1.165, 1.54) is 0 Å². The molecule has 0 saturated carbocycles. The molecule has 108 valence electrons. The molecular formula is C15H17N5O. The molecule has 6 nitrogen and oxygen atoms in total. The summed E-state index contributed by atoms with van der Waals surface area (Å²) in [7, 11) is 0. The summed E-state index contributed by atoms with van der Waals surface area (Å²) in [6, 6.07) is 9.28. The fourth-order valence-corrected chi connectivity index (χ4v) is 2.46. The molecule has 2 heterocycles. The molecule has 0 aliphatic carbocycles. The summed E-state index contributed by atoms with van der Waals surface area (Å²) in [4.78, 5) is 2.31. The number of nitrogens with zero attached hydrogens (tertiary/aromatic N) is 5. The zero-order valence-electron chi connectivity index (χ0n) is 12.0. The number of benzene rings is 1. The first kappa shape index (κ1) is 13.6. The van der Waals surface area contributed by atoms with Crippen LogP contribution in [0, 0.1) is 18.3 Å². The molecule has 1 aliphatic rings. The number of aromatic nitrogens is 3. The second kappa shape index (κ2) is 5.94. The predicted molar refractivity (Wildman–Crippen MR) is 76.7 cm³/mol. The number of nitriles is 1. The Balaban J connectivity index is 1.49. The van der Waals surface area contributed by atoms with E-state index >= 15 is 0 Å². The molecule has 1 aliphatic heterocycles. The van der Waals surface area contributed by atoms with Gasteiger partial charge in [0.05, 0.1) is 18.2 Å². The van der Waals surface area contributed by atoms with Gasteiger partial charge in [-0.15, -0.1) is 10.2 Å². The van der Waals surface area contributed by atoms with Gasteiger partial charge in [-0.1, -0.05) is 0 Å². The van der Waals surface area contributed by atoms with Gasteiger partial charge in [0.25, 0.3) is 0 Å². The van der Waals surface area contributed by atoms with Crippen LogP contribution in [-0.4, -0.2) is 39.4 Å². The maximum Gasteiger partial charge on any atom is 0.147 e. The van der Waals surface area contributed by atoms with Crippen molar-refractivity contribution in [2.24, 2.45) is 0 Å². The van der Waals surface area contributed by atoms with Crippen molar-refractivity contribution < 1.29 is 4.74 Å². The number of aryl methyl sites for hydroxylation is 1. The van der Waals surface area contributed by atoms with E-state index < -0.39 is 0 Å². The Hall–Kier alpha value is -2.39. The molecule has 2 aromatic rings. The molecule has 1 aromatic carbocycles. The summed E-state index contributed by atoms with van der Waals surface area (Å²) in [5.41, 5.74) is 0.646. The van der Waals surface area contributed by atoms with E-state index in [2.05, 4.69) is 25.7 Å². The van der Waals surface area contributed by atoms with Crippen LogP contribution in [0.3, 0.4) is 0 Å². The fourth-order valence-electron chi connectivity index (χ4n) is 2.46. The summed E-state index contributed by atoms with van der Waals surface area (Å²) >= 11 is 0. The molecule has 3 rings (SSSR count). The third-order valence-electron chi connectivity index (χ3n) is 3.68. The van der Waals surface area contributed by atoms with E-state index in [1.807, 2.05) is 19.1 Å². The molecule has 0 bridgehead atoms. The van der Waals surface area contributed by atoms with Crippen LogP contribution in [0.25, 0.3) is 0 Å². The quantitative estimate of drug-likeness (QED) is 0.847. The molecule has 0 saturated heterocycles. The fraction of sp³-hybridized carbons (Fsp3) is 0.400. The van der Waals surface area contributed by atoms with Crippen LogP contribution in [0.4, 0.5) is 0 Å². The smallest absolute Gasteiger partial charge is 0.147 e. The minimum absolute atomic E-state index is 0.624. The van der Waals surface area contributed by atoms with Gasteiger partial charge in [-0.2, -0.15) is 5.26 Å². The second-order valence-corrected chi connectivity index (χ2v) is 5.08. The van der Waals surface area contributed by atoms with E-state index in [1.54, 1.807) is 12.1 Å². The van der Waals surface area contributed by atoms with Gasteiger partial charge >= 0.3 is 0 Å². The Labute approximate surface area is 123 Å². The second-order valence-electron chi connectivity index (χ2n) is 5.08. The predicted octanol–water partition coefficient (Wildman–Crippen LogP) is 1.35. The Morgan fingerprint density at radius 3 is 2.81 bits per heavy atom. The molecule has 0 amide bonds. The molecule has 0 unspecified atom stereocenters. The van der Waals surface area contributed by atoms with E-state index in [9.17, 15) is 0 Å². The lowest BCUT2D eigenvalue weighted by molar-refractivity contribution is 0.174. The van der Waals surface area contributed by atoms with Crippen molar-refractivity contribution in [3.8, 4) is 11.8 Å². The van der Waals surface area contributed by atoms with E-state index in [0.29, 0.717) is 12.2 Å². The molecule has 0 fully saturated rings. The topological polar surface area (TPSA) is 67.0 Å². The van der Waals surface area contributed by atoms with Gasteiger partial charge in [-0.25, -0.2) is 0 Å². The van der Waals surface area contributed by atoms with Gasteiger partial charge in [-0.05, 0) is 31.2 Å². The van der Waals surface area contributed by atoms with Gasteiger partial charge in [0.2, 0.25) is 0 Å². The van der Waals surface area contributed by atoms with Crippen LogP contribution in [0.15, 0.2) is 24.3 Å². The maximum absolute atomic E-state index is 8.75. The first-order chi connectivity index (χ1) is 10.3. The molecule has 0 N–H and O–H groups in total. The highest BCUT2D eigenvalue weighted by Gasteiger charge is 2.19. The van der Waals surface area contributed by atoms with Gasteiger partial charge in [0, 0.05) is 19.6 Å². The van der Waals surface area contributed by atoms with Crippen LogP contribution in [0.5, 0.6) is 5.75 Å². The number of rotatable bonds is 4. The highest BCUT2D eigenvalue weighted by molar-refractivity contribution is 5.34. The average molecular weight is 283 g/mol. The number of hydrogen-bond donors (Lipinski definition) is 0. The first-order valence-electron chi connectivity index (χ1n) is 7.00. The van der Waals surface area contributed by atoms with Crippen LogP contribution < -0.4 is 4.74 Å². The highest BCUT2D eigenvalue weighted by atomic mass is 16.5. The van der Waals surface area contributed by atoms with Gasteiger partial charge < -0.3 is 9.30 Å². The minimum atomic E-state index is 0.624. The van der Waals surface area contributed by atoms with Gasteiger partial charge in [0.15, 0.2) is 0 Å².